The van der Waals surface area contributed by atoms with Crippen molar-refractivity contribution in [2.45, 2.75) is 13.3 Å². The van der Waals surface area contributed by atoms with E-state index in [0.29, 0.717) is 12.2 Å². The average molecular weight is 222 g/mol. The SMILES string of the molecule is Cc1ncc(CC(=O)Nc2ccn[nH]2)s1. The number of carbonyl (C=O) groups excluding carboxylic acids is 1. The van der Waals surface area contributed by atoms with Gasteiger partial charge in [0.1, 0.15) is 5.82 Å². The summed E-state index contributed by atoms with van der Waals surface area (Å²) >= 11 is 1.53. The standard InChI is InChI=1S/C9H10N4OS/c1-6-10-5-7(15-6)4-9(14)12-8-2-3-11-13-8/h2-3,5H,4H2,1H3,(H2,11,12,13,14). The Morgan fingerprint density at radius 1 is 1.67 bits per heavy atom. The van der Waals surface area contributed by atoms with Gasteiger partial charge in [-0.15, -0.1) is 11.3 Å². The van der Waals surface area contributed by atoms with Crippen molar-refractivity contribution in [3.8, 4) is 0 Å². The molecule has 2 N–H and O–H groups in total. The normalized spacial score (nSPS) is 10.2. The maximum atomic E-state index is 11.5. The first-order valence-corrected chi connectivity index (χ1v) is 5.26. The Morgan fingerprint density at radius 3 is 3.13 bits per heavy atom. The van der Waals surface area contributed by atoms with Gasteiger partial charge in [-0.1, -0.05) is 0 Å². The van der Waals surface area contributed by atoms with Gasteiger partial charge in [0.05, 0.1) is 17.6 Å². The zero-order valence-electron chi connectivity index (χ0n) is 8.15. The molecule has 0 atom stereocenters. The van der Waals surface area contributed by atoms with Crippen molar-refractivity contribution in [3.05, 3.63) is 28.3 Å². The lowest BCUT2D eigenvalue weighted by atomic mass is 10.3. The van der Waals surface area contributed by atoms with Gasteiger partial charge in [-0.05, 0) is 6.92 Å². The van der Waals surface area contributed by atoms with Crippen LogP contribution < -0.4 is 5.32 Å². The van der Waals surface area contributed by atoms with Crippen LogP contribution in [0.15, 0.2) is 18.5 Å². The number of hydrogen-bond donors (Lipinski definition) is 2. The third-order valence-corrected chi connectivity index (χ3v) is 2.69. The summed E-state index contributed by atoms with van der Waals surface area (Å²) in [5, 5.41) is 10.1. The van der Waals surface area contributed by atoms with Crippen LogP contribution in [-0.4, -0.2) is 21.1 Å². The highest BCUT2D eigenvalue weighted by molar-refractivity contribution is 7.11. The van der Waals surface area contributed by atoms with Gasteiger partial charge in [0, 0.05) is 17.1 Å². The molecule has 0 aliphatic rings. The lowest BCUT2D eigenvalue weighted by Gasteiger charge is -1.99. The van der Waals surface area contributed by atoms with Crippen molar-refractivity contribution in [2.75, 3.05) is 5.32 Å². The molecule has 6 heteroatoms. The third-order valence-electron chi connectivity index (χ3n) is 1.78. The maximum Gasteiger partial charge on any atom is 0.230 e. The Morgan fingerprint density at radius 2 is 2.53 bits per heavy atom. The minimum Gasteiger partial charge on any atom is -0.311 e. The van der Waals surface area contributed by atoms with Gasteiger partial charge in [-0.2, -0.15) is 5.10 Å². The van der Waals surface area contributed by atoms with Crippen molar-refractivity contribution in [3.63, 3.8) is 0 Å². The molecule has 5 nitrogen and oxygen atoms in total. The van der Waals surface area contributed by atoms with Crippen LogP contribution >= 0.6 is 11.3 Å². The zero-order chi connectivity index (χ0) is 10.7. The number of H-pyrrole nitrogens is 1. The minimum absolute atomic E-state index is 0.0668. The van der Waals surface area contributed by atoms with Crippen LogP contribution in [0.25, 0.3) is 0 Å². The van der Waals surface area contributed by atoms with Crippen molar-refractivity contribution < 1.29 is 4.79 Å². The van der Waals surface area contributed by atoms with E-state index in [9.17, 15) is 4.79 Å². The van der Waals surface area contributed by atoms with E-state index in [0.717, 1.165) is 9.88 Å². The number of anilines is 1. The van der Waals surface area contributed by atoms with E-state index < -0.39 is 0 Å². The largest absolute Gasteiger partial charge is 0.311 e. The molecular weight excluding hydrogens is 212 g/mol. The molecule has 0 aromatic carbocycles. The molecule has 15 heavy (non-hydrogen) atoms. The van der Waals surface area contributed by atoms with Crippen molar-refractivity contribution in [1.82, 2.24) is 15.2 Å². The number of rotatable bonds is 3. The Bertz CT molecular complexity index is 448. The summed E-state index contributed by atoms with van der Waals surface area (Å²) in [7, 11) is 0. The van der Waals surface area contributed by atoms with Crippen LogP contribution in [0.5, 0.6) is 0 Å². The van der Waals surface area contributed by atoms with Crippen molar-refractivity contribution >= 4 is 23.1 Å². The number of thiazole rings is 1. The first kappa shape index (κ1) is 9.85. The van der Waals surface area contributed by atoms with Gasteiger partial charge >= 0.3 is 0 Å². The first-order valence-electron chi connectivity index (χ1n) is 4.44. The highest BCUT2D eigenvalue weighted by Crippen LogP contribution is 2.12. The summed E-state index contributed by atoms with van der Waals surface area (Å²) in [6, 6.07) is 1.70. The predicted octanol–water partition coefficient (Wildman–Crippen LogP) is 1.36. The van der Waals surface area contributed by atoms with E-state index in [1.54, 1.807) is 18.5 Å². The fourth-order valence-electron chi connectivity index (χ4n) is 1.17. The van der Waals surface area contributed by atoms with Crippen molar-refractivity contribution in [2.24, 2.45) is 0 Å². The van der Waals surface area contributed by atoms with E-state index in [4.69, 9.17) is 0 Å². The Balaban J connectivity index is 1.93. The molecule has 78 valence electrons. The predicted molar refractivity (Wildman–Crippen MR) is 57.8 cm³/mol. The summed E-state index contributed by atoms with van der Waals surface area (Å²) < 4.78 is 0. The smallest absolute Gasteiger partial charge is 0.230 e. The lowest BCUT2D eigenvalue weighted by Crippen LogP contribution is -2.13. The number of amides is 1. The van der Waals surface area contributed by atoms with E-state index >= 15 is 0 Å². The maximum absolute atomic E-state index is 11.5. The van der Waals surface area contributed by atoms with Crippen LogP contribution in [-0.2, 0) is 11.2 Å². The molecular formula is C9H10N4OS. The molecule has 0 radical (unpaired) electrons. The Hall–Kier alpha value is -1.69. The number of aromatic amines is 1. The quantitative estimate of drug-likeness (QED) is 0.823. The molecule has 0 bridgehead atoms. The van der Waals surface area contributed by atoms with E-state index in [1.807, 2.05) is 6.92 Å². The summed E-state index contributed by atoms with van der Waals surface area (Å²) in [4.78, 5) is 16.6. The molecule has 0 aliphatic carbocycles. The fourth-order valence-corrected chi connectivity index (χ4v) is 1.96. The molecule has 0 spiro atoms. The molecule has 2 rings (SSSR count). The highest BCUT2D eigenvalue weighted by Gasteiger charge is 2.06. The lowest BCUT2D eigenvalue weighted by molar-refractivity contribution is -0.115. The molecule has 0 saturated heterocycles. The molecule has 0 fully saturated rings. The second-order valence-corrected chi connectivity index (χ2v) is 4.36. The fraction of sp³-hybridized carbons (Fsp3) is 0.222. The summed E-state index contributed by atoms with van der Waals surface area (Å²) in [6.07, 6.45) is 3.67. The molecule has 0 unspecified atom stereocenters. The van der Waals surface area contributed by atoms with Crippen molar-refractivity contribution in [1.29, 1.82) is 0 Å². The number of hydrogen-bond acceptors (Lipinski definition) is 4. The number of aryl methyl sites for hydroxylation is 1. The number of nitrogens with one attached hydrogen (secondary N) is 2. The number of aromatic nitrogens is 3. The third kappa shape index (κ3) is 2.63. The molecule has 2 aromatic heterocycles. The first-order chi connectivity index (χ1) is 7.24. The van der Waals surface area contributed by atoms with Gasteiger partial charge in [0.15, 0.2) is 0 Å². The summed E-state index contributed by atoms with van der Waals surface area (Å²) in [6.45, 7) is 1.92. The monoisotopic (exact) mass is 222 g/mol. The van der Waals surface area contributed by atoms with Gasteiger partial charge in [-0.3, -0.25) is 9.89 Å². The van der Waals surface area contributed by atoms with Crippen LogP contribution in [0.4, 0.5) is 5.82 Å². The van der Waals surface area contributed by atoms with Crippen LogP contribution in [0.1, 0.15) is 9.88 Å². The zero-order valence-corrected chi connectivity index (χ0v) is 8.97. The Kier molecular flexibility index (Phi) is 2.77. The number of nitrogens with zero attached hydrogens (tertiary/aromatic N) is 2. The second kappa shape index (κ2) is 4.22. The van der Waals surface area contributed by atoms with E-state index in [2.05, 4.69) is 20.5 Å². The average Bonchev–Trinajstić information content (AvgIpc) is 2.77. The Labute approximate surface area is 90.6 Å². The molecule has 2 heterocycles. The van der Waals surface area contributed by atoms with Gasteiger partial charge in [0.2, 0.25) is 5.91 Å². The van der Waals surface area contributed by atoms with E-state index in [1.165, 1.54) is 11.3 Å². The summed E-state index contributed by atoms with van der Waals surface area (Å²) in [5.41, 5.74) is 0. The highest BCUT2D eigenvalue weighted by atomic mass is 32.1. The molecule has 2 aromatic rings. The molecule has 1 amide bonds. The van der Waals surface area contributed by atoms with E-state index in [-0.39, 0.29) is 5.91 Å². The van der Waals surface area contributed by atoms with Gasteiger partial charge < -0.3 is 5.32 Å². The van der Waals surface area contributed by atoms with Crippen LogP contribution in [0.3, 0.4) is 0 Å². The second-order valence-electron chi connectivity index (χ2n) is 3.04. The van der Waals surface area contributed by atoms with Gasteiger partial charge in [-0.25, -0.2) is 4.98 Å². The molecule has 0 saturated carbocycles. The molecule has 0 aliphatic heterocycles. The number of carbonyl (C=O) groups is 1. The minimum atomic E-state index is -0.0668. The topological polar surface area (TPSA) is 70.7 Å². The summed E-state index contributed by atoms with van der Waals surface area (Å²) in [5.74, 6) is 0.545. The van der Waals surface area contributed by atoms with Crippen LogP contribution in [0, 0.1) is 6.92 Å². The van der Waals surface area contributed by atoms with Gasteiger partial charge in [0.25, 0.3) is 0 Å². The van der Waals surface area contributed by atoms with Crippen LogP contribution in [0.2, 0.25) is 0 Å².